The monoisotopic (exact) mass is 597 g/mol. The highest BCUT2D eigenvalue weighted by Gasteiger charge is 2.61. The molecule has 0 spiro atoms. The van der Waals surface area contributed by atoms with Gasteiger partial charge in [0.05, 0.1) is 12.7 Å². The molecule has 1 atom stereocenters. The van der Waals surface area contributed by atoms with Crippen LogP contribution in [0.2, 0.25) is 5.15 Å². The number of carbonyl (C=O) groups is 2. The van der Waals surface area contributed by atoms with Crippen LogP contribution in [0.3, 0.4) is 0 Å². The van der Waals surface area contributed by atoms with Gasteiger partial charge in [0.25, 0.3) is 17.4 Å². The third kappa shape index (κ3) is 6.54. The number of ether oxygens (including phenoxy) is 1. The van der Waals surface area contributed by atoms with Crippen molar-refractivity contribution in [2.75, 3.05) is 51.8 Å². The molecule has 4 rings (SSSR count). The molecule has 1 aromatic heterocycles. The Labute approximate surface area is 242 Å². The molecule has 9 nitrogen and oxygen atoms in total. The summed E-state index contributed by atoms with van der Waals surface area (Å²) in [4.78, 5) is 34.6. The molecule has 13 heteroatoms. The number of pyridine rings is 1. The number of benzene rings is 1. The molecular formula is C28H35ClF3N5O4. The number of anilines is 1. The first-order chi connectivity index (χ1) is 19.3. The summed E-state index contributed by atoms with van der Waals surface area (Å²) in [6.45, 7) is 2.48. The van der Waals surface area contributed by atoms with Crippen molar-refractivity contribution in [3.8, 4) is 5.75 Å². The molecule has 0 radical (unpaired) electrons. The van der Waals surface area contributed by atoms with Gasteiger partial charge in [-0.3, -0.25) is 9.59 Å². The number of likely N-dealkylation sites (tertiary alicyclic amines) is 1. The number of likely N-dealkylation sites (N-methyl/N-ethyl adjacent to an activating group) is 1. The Morgan fingerprint density at radius 2 is 1.88 bits per heavy atom. The maximum atomic E-state index is 14.0. The van der Waals surface area contributed by atoms with E-state index in [0.717, 1.165) is 29.9 Å². The van der Waals surface area contributed by atoms with Crippen LogP contribution in [0.25, 0.3) is 0 Å². The predicted molar refractivity (Wildman–Crippen MR) is 148 cm³/mol. The second-order valence-corrected chi connectivity index (χ2v) is 11.1. The second-order valence-electron chi connectivity index (χ2n) is 10.7. The number of methoxy groups -OCH3 is 1. The average Bonchev–Trinajstić information content (AvgIpc) is 2.94. The van der Waals surface area contributed by atoms with Gasteiger partial charge < -0.3 is 30.3 Å². The van der Waals surface area contributed by atoms with Crippen molar-refractivity contribution in [2.24, 2.45) is 11.7 Å². The minimum Gasteiger partial charge on any atom is -0.497 e. The van der Waals surface area contributed by atoms with Crippen LogP contribution in [-0.4, -0.2) is 90.8 Å². The Balaban J connectivity index is 1.28. The zero-order valence-electron chi connectivity index (χ0n) is 23.0. The van der Waals surface area contributed by atoms with E-state index in [1.54, 1.807) is 17.0 Å². The Kier molecular flexibility index (Phi) is 9.35. The normalized spacial score (nSPS) is 18.0. The Bertz CT molecular complexity index is 1250. The molecule has 2 fully saturated rings. The lowest BCUT2D eigenvalue weighted by molar-refractivity contribution is -0.261. The van der Waals surface area contributed by atoms with Crippen LogP contribution in [0.15, 0.2) is 36.4 Å². The number of piperidine rings is 1. The Morgan fingerprint density at radius 3 is 2.46 bits per heavy atom. The predicted octanol–water partition coefficient (Wildman–Crippen LogP) is 3.43. The maximum Gasteiger partial charge on any atom is 0.430 e. The van der Waals surface area contributed by atoms with Crippen molar-refractivity contribution >= 4 is 29.2 Å². The van der Waals surface area contributed by atoms with Crippen LogP contribution in [0.1, 0.15) is 41.6 Å². The van der Waals surface area contributed by atoms with Crippen LogP contribution in [0.4, 0.5) is 19.0 Å². The van der Waals surface area contributed by atoms with Crippen LogP contribution < -0.4 is 15.4 Å². The van der Waals surface area contributed by atoms with Crippen molar-refractivity contribution in [2.45, 2.75) is 43.5 Å². The topological polar surface area (TPSA) is 112 Å². The van der Waals surface area contributed by atoms with E-state index in [0.29, 0.717) is 56.3 Å². The smallest absolute Gasteiger partial charge is 0.430 e. The summed E-state index contributed by atoms with van der Waals surface area (Å²) in [5, 5.41) is 10.8. The summed E-state index contributed by atoms with van der Waals surface area (Å²) in [6, 6.07) is 8.27. The summed E-state index contributed by atoms with van der Waals surface area (Å²) in [5.74, 6) is -0.517. The van der Waals surface area contributed by atoms with E-state index < -0.39 is 23.2 Å². The highest BCUT2D eigenvalue weighted by Crippen LogP contribution is 2.41. The Hall–Kier alpha value is -3.09. The van der Waals surface area contributed by atoms with Gasteiger partial charge in [0.1, 0.15) is 16.7 Å². The number of amides is 2. The van der Waals surface area contributed by atoms with E-state index in [4.69, 9.17) is 22.1 Å². The van der Waals surface area contributed by atoms with Crippen LogP contribution in [-0.2, 0) is 10.4 Å². The first-order valence-corrected chi connectivity index (χ1v) is 13.9. The molecule has 2 amide bonds. The number of alkyl halides is 3. The fourth-order valence-electron chi connectivity index (χ4n) is 5.31. The number of nitrogens with zero attached hydrogens (tertiary/aromatic N) is 4. The molecule has 1 aromatic carbocycles. The number of aliphatic hydroxyl groups is 1. The molecule has 2 aliphatic heterocycles. The minimum absolute atomic E-state index is 0.00540. The highest BCUT2D eigenvalue weighted by molar-refractivity contribution is 6.32. The molecule has 0 aliphatic carbocycles. The van der Waals surface area contributed by atoms with E-state index in [1.807, 2.05) is 0 Å². The highest BCUT2D eigenvalue weighted by atomic mass is 35.5. The molecule has 41 heavy (non-hydrogen) atoms. The third-order valence-corrected chi connectivity index (χ3v) is 8.15. The van der Waals surface area contributed by atoms with Gasteiger partial charge in [-0.05, 0) is 55.9 Å². The molecular weight excluding hydrogens is 563 g/mol. The lowest BCUT2D eigenvalue weighted by Gasteiger charge is -2.37. The molecule has 0 saturated carbocycles. The molecule has 0 bridgehead atoms. The number of hydrogen-bond donors (Lipinski definition) is 2. The summed E-state index contributed by atoms with van der Waals surface area (Å²) >= 11 is 6.33. The SMILES string of the molecule is COc1cccc(C(O)(C(=O)N(C)CCCC2CCN(c3ccc(C(=O)N4CC(N)C4)c(Cl)n3)CC2)C(F)(F)F)c1. The van der Waals surface area contributed by atoms with Gasteiger partial charge in [-0.2, -0.15) is 13.2 Å². The molecule has 2 saturated heterocycles. The molecule has 2 aliphatic rings. The molecule has 224 valence electrons. The summed E-state index contributed by atoms with van der Waals surface area (Å²) in [6.07, 6.45) is -2.35. The van der Waals surface area contributed by atoms with Crippen LogP contribution in [0.5, 0.6) is 5.75 Å². The number of hydrogen-bond acceptors (Lipinski definition) is 7. The summed E-state index contributed by atoms with van der Waals surface area (Å²) in [5.41, 5.74) is 1.83. The van der Waals surface area contributed by atoms with Crippen LogP contribution >= 0.6 is 11.6 Å². The second kappa shape index (κ2) is 12.4. The van der Waals surface area contributed by atoms with Crippen molar-refractivity contribution in [3.63, 3.8) is 0 Å². The van der Waals surface area contributed by atoms with E-state index in [9.17, 15) is 27.9 Å². The van der Waals surface area contributed by atoms with Gasteiger partial charge in [0, 0.05) is 51.4 Å². The van der Waals surface area contributed by atoms with Gasteiger partial charge in [-0.1, -0.05) is 23.7 Å². The number of aromatic nitrogens is 1. The number of rotatable bonds is 9. The van der Waals surface area contributed by atoms with E-state index in [1.165, 1.54) is 26.3 Å². The van der Waals surface area contributed by atoms with Crippen molar-refractivity contribution < 1.29 is 32.6 Å². The lowest BCUT2D eigenvalue weighted by atomic mass is 9.90. The minimum atomic E-state index is -5.22. The quantitative estimate of drug-likeness (QED) is 0.426. The average molecular weight is 598 g/mol. The number of nitrogens with two attached hydrogens (primary N) is 1. The Morgan fingerprint density at radius 1 is 1.20 bits per heavy atom. The standard InChI is InChI=1S/C28H35ClF3N5O4/c1-35(26(39)27(40,28(30,31)32)19-6-3-7-21(15-19)41-2)12-4-5-18-10-13-36(14-11-18)23-9-8-22(24(29)34-23)25(38)37-16-20(33)17-37/h3,6-9,15,18,20,40H,4-5,10-14,16-17,33H2,1-2H3. The largest absolute Gasteiger partial charge is 0.497 e. The molecule has 3 heterocycles. The fourth-order valence-corrected chi connectivity index (χ4v) is 5.54. The molecule has 1 unspecified atom stereocenters. The van der Waals surface area contributed by atoms with Crippen molar-refractivity contribution in [3.05, 3.63) is 52.7 Å². The van der Waals surface area contributed by atoms with Gasteiger partial charge in [0.2, 0.25) is 0 Å². The number of carbonyl (C=O) groups excluding carboxylic acids is 2. The first-order valence-electron chi connectivity index (χ1n) is 13.5. The van der Waals surface area contributed by atoms with Gasteiger partial charge in [0.15, 0.2) is 0 Å². The van der Waals surface area contributed by atoms with Gasteiger partial charge in [-0.25, -0.2) is 4.98 Å². The first kappa shape index (κ1) is 30.9. The van der Waals surface area contributed by atoms with Crippen LogP contribution in [0, 0.1) is 5.92 Å². The molecule has 2 aromatic rings. The van der Waals surface area contributed by atoms with E-state index in [-0.39, 0.29) is 29.4 Å². The zero-order chi connectivity index (χ0) is 29.9. The van der Waals surface area contributed by atoms with Crippen molar-refractivity contribution in [1.29, 1.82) is 0 Å². The van der Waals surface area contributed by atoms with E-state index >= 15 is 0 Å². The summed E-state index contributed by atoms with van der Waals surface area (Å²) in [7, 11) is 2.56. The van der Waals surface area contributed by atoms with Gasteiger partial charge >= 0.3 is 6.18 Å². The zero-order valence-corrected chi connectivity index (χ0v) is 23.8. The lowest BCUT2D eigenvalue weighted by Crippen LogP contribution is -2.57. The maximum absolute atomic E-state index is 14.0. The van der Waals surface area contributed by atoms with Crippen molar-refractivity contribution in [1.82, 2.24) is 14.8 Å². The van der Waals surface area contributed by atoms with E-state index in [2.05, 4.69) is 9.88 Å². The van der Waals surface area contributed by atoms with Gasteiger partial charge in [-0.15, -0.1) is 0 Å². The fraction of sp³-hybridized carbons (Fsp3) is 0.536. The number of halogens is 4. The molecule has 3 N–H and O–H groups in total. The summed E-state index contributed by atoms with van der Waals surface area (Å²) < 4.78 is 47.0. The third-order valence-electron chi connectivity index (χ3n) is 7.86.